The van der Waals surface area contributed by atoms with Gasteiger partial charge in [-0.25, -0.2) is 0 Å². The normalized spacial score (nSPS) is 12.8. The van der Waals surface area contributed by atoms with Gasteiger partial charge in [-0.15, -0.1) is 0 Å². The highest BCUT2D eigenvalue weighted by molar-refractivity contribution is 5.76. The van der Waals surface area contributed by atoms with Crippen molar-refractivity contribution in [3.8, 4) is 11.5 Å². The molecule has 0 bridgehead atoms. The van der Waals surface area contributed by atoms with Crippen LogP contribution in [0, 0.1) is 0 Å². The van der Waals surface area contributed by atoms with Crippen molar-refractivity contribution >= 4 is 11.9 Å². The van der Waals surface area contributed by atoms with Crippen LogP contribution >= 0.6 is 0 Å². The summed E-state index contributed by atoms with van der Waals surface area (Å²) >= 11 is 0. The van der Waals surface area contributed by atoms with Gasteiger partial charge in [0.2, 0.25) is 0 Å². The van der Waals surface area contributed by atoms with Gasteiger partial charge < -0.3 is 29.4 Å². The monoisotopic (exact) mass is 535 g/mol. The zero-order chi connectivity index (χ0) is 28.3. The Balaban J connectivity index is 2.06. The number of carbonyl (C=O) groups excluding carboxylic acids is 1. The molecule has 0 aliphatic carbocycles. The molecule has 39 heavy (non-hydrogen) atoms. The molecule has 2 unspecified atom stereocenters. The molecule has 0 aliphatic heterocycles. The molecule has 2 atom stereocenters. The van der Waals surface area contributed by atoms with E-state index in [1.54, 1.807) is 14.2 Å². The second kappa shape index (κ2) is 14.3. The van der Waals surface area contributed by atoms with Gasteiger partial charge >= 0.3 is 11.9 Å². The number of nitrogens with one attached hydrogen (secondary N) is 1. The first kappa shape index (κ1) is 29.7. The van der Waals surface area contributed by atoms with Gasteiger partial charge in [-0.3, -0.25) is 9.59 Å². The van der Waals surface area contributed by atoms with E-state index < -0.39 is 23.6 Å². The Bertz CT molecular complexity index is 1130. The Hall–Kier alpha value is -3.88. The van der Waals surface area contributed by atoms with E-state index in [1.165, 1.54) is 0 Å². The molecule has 0 saturated carbocycles. The lowest BCUT2D eigenvalue weighted by Gasteiger charge is -2.40. The molecule has 0 heterocycles. The molecule has 3 aromatic rings. The third-order valence-electron chi connectivity index (χ3n) is 6.54. The number of aliphatic carboxylic acids is 1. The third-order valence-corrected chi connectivity index (χ3v) is 6.54. The SMILES string of the molecule is CCNC(COC(=O)CCC(=O)O)C(C)OC(c1ccccc1)(c1ccc(OC)cc1)c1ccc(OC)cc1. The van der Waals surface area contributed by atoms with Gasteiger partial charge in [0.15, 0.2) is 0 Å². The summed E-state index contributed by atoms with van der Waals surface area (Å²) in [5, 5.41) is 12.2. The summed E-state index contributed by atoms with van der Waals surface area (Å²) in [5.74, 6) is -0.157. The summed E-state index contributed by atoms with van der Waals surface area (Å²) in [7, 11) is 3.25. The first-order chi connectivity index (χ1) is 18.8. The van der Waals surface area contributed by atoms with Crippen LogP contribution in [0.5, 0.6) is 11.5 Å². The number of likely N-dealkylation sites (N-methyl/N-ethyl adjacent to an activating group) is 1. The molecule has 0 fully saturated rings. The molecular weight excluding hydrogens is 498 g/mol. The molecule has 0 saturated heterocycles. The van der Waals surface area contributed by atoms with Crippen LogP contribution in [0.1, 0.15) is 43.4 Å². The van der Waals surface area contributed by atoms with Crippen molar-refractivity contribution in [3.05, 3.63) is 95.6 Å². The lowest BCUT2D eigenvalue weighted by molar-refractivity contribution is -0.150. The average molecular weight is 536 g/mol. The fourth-order valence-corrected chi connectivity index (χ4v) is 4.48. The summed E-state index contributed by atoms with van der Waals surface area (Å²) < 4.78 is 23.3. The van der Waals surface area contributed by atoms with Crippen molar-refractivity contribution < 1.29 is 33.6 Å². The molecule has 2 N–H and O–H groups in total. The van der Waals surface area contributed by atoms with Crippen LogP contribution in [-0.2, 0) is 24.7 Å². The fourth-order valence-electron chi connectivity index (χ4n) is 4.48. The minimum absolute atomic E-state index is 0.0313. The van der Waals surface area contributed by atoms with Gasteiger partial charge in [-0.2, -0.15) is 0 Å². The van der Waals surface area contributed by atoms with Crippen molar-refractivity contribution in [1.29, 1.82) is 0 Å². The van der Waals surface area contributed by atoms with E-state index in [0.29, 0.717) is 6.54 Å². The second-order valence-electron chi connectivity index (χ2n) is 9.07. The number of carboxylic acid groups (broad SMARTS) is 1. The van der Waals surface area contributed by atoms with Crippen molar-refractivity contribution in [2.75, 3.05) is 27.4 Å². The lowest BCUT2D eigenvalue weighted by Crippen LogP contribution is -2.48. The Morgan fingerprint density at radius 3 is 1.79 bits per heavy atom. The van der Waals surface area contributed by atoms with E-state index in [0.717, 1.165) is 28.2 Å². The van der Waals surface area contributed by atoms with Gasteiger partial charge in [0.05, 0.1) is 39.2 Å². The summed E-state index contributed by atoms with van der Waals surface area (Å²) in [6, 6.07) is 25.1. The number of benzene rings is 3. The number of hydrogen-bond acceptors (Lipinski definition) is 7. The molecule has 0 aliphatic rings. The minimum atomic E-state index is -1.04. The Kier molecular flexibility index (Phi) is 10.9. The van der Waals surface area contributed by atoms with Crippen LogP contribution in [0.15, 0.2) is 78.9 Å². The van der Waals surface area contributed by atoms with E-state index in [-0.39, 0.29) is 25.5 Å². The molecule has 3 rings (SSSR count). The highest BCUT2D eigenvalue weighted by Crippen LogP contribution is 2.42. The second-order valence-corrected chi connectivity index (χ2v) is 9.07. The van der Waals surface area contributed by atoms with Gasteiger partial charge in [-0.05, 0) is 54.4 Å². The van der Waals surface area contributed by atoms with Crippen LogP contribution in [0.4, 0.5) is 0 Å². The summed E-state index contributed by atoms with van der Waals surface area (Å²) in [5.41, 5.74) is 1.67. The molecule has 3 aromatic carbocycles. The Morgan fingerprint density at radius 1 is 0.821 bits per heavy atom. The molecule has 8 heteroatoms. The molecule has 0 aromatic heterocycles. The van der Waals surface area contributed by atoms with Crippen LogP contribution in [0.3, 0.4) is 0 Å². The maximum absolute atomic E-state index is 12.2. The maximum Gasteiger partial charge on any atom is 0.306 e. The first-order valence-electron chi connectivity index (χ1n) is 13.0. The Morgan fingerprint density at radius 2 is 1.33 bits per heavy atom. The predicted molar refractivity (Wildman–Crippen MR) is 148 cm³/mol. The molecule has 0 radical (unpaired) electrons. The number of carbonyl (C=O) groups is 2. The summed E-state index contributed by atoms with van der Waals surface area (Å²) in [4.78, 5) is 23.0. The van der Waals surface area contributed by atoms with E-state index in [2.05, 4.69) is 5.32 Å². The zero-order valence-electron chi connectivity index (χ0n) is 22.9. The van der Waals surface area contributed by atoms with E-state index in [1.807, 2.05) is 92.7 Å². The van der Waals surface area contributed by atoms with Crippen LogP contribution < -0.4 is 14.8 Å². The van der Waals surface area contributed by atoms with Crippen LogP contribution in [0.25, 0.3) is 0 Å². The van der Waals surface area contributed by atoms with E-state index in [4.69, 9.17) is 24.1 Å². The van der Waals surface area contributed by atoms with Crippen molar-refractivity contribution in [2.45, 2.75) is 44.4 Å². The molecule has 8 nitrogen and oxygen atoms in total. The van der Waals surface area contributed by atoms with Gasteiger partial charge in [-0.1, -0.05) is 61.5 Å². The standard InChI is InChI=1S/C31H37NO7/c1-5-32-28(21-38-30(35)20-19-29(33)34)22(2)39-31(23-9-7-6-8-10-23,24-11-15-26(36-3)16-12-24)25-13-17-27(37-4)18-14-25/h6-18,22,28,32H,5,19-21H2,1-4H3,(H,33,34). The number of esters is 1. The molecule has 0 amide bonds. The van der Waals surface area contributed by atoms with Crippen LogP contribution in [-0.4, -0.2) is 56.6 Å². The van der Waals surface area contributed by atoms with Gasteiger partial charge in [0, 0.05) is 0 Å². The first-order valence-corrected chi connectivity index (χ1v) is 13.0. The third kappa shape index (κ3) is 7.59. The average Bonchev–Trinajstić information content (AvgIpc) is 2.97. The number of rotatable bonds is 15. The van der Waals surface area contributed by atoms with E-state index >= 15 is 0 Å². The number of carboxylic acids is 1. The quantitative estimate of drug-likeness (QED) is 0.212. The molecule has 208 valence electrons. The van der Waals surface area contributed by atoms with Crippen molar-refractivity contribution in [3.63, 3.8) is 0 Å². The van der Waals surface area contributed by atoms with Crippen molar-refractivity contribution in [1.82, 2.24) is 5.32 Å². The fraction of sp³-hybridized carbons (Fsp3) is 0.355. The Labute approximate surface area is 229 Å². The largest absolute Gasteiger partial charge is 0.497 e. The topological polar surface area (TPSA) is 103 Å². The van der Waals surface area contributed by atoms with Gasteiger partial charge in [0.25, 0.3) is 0 Å². The number of methoxy groups -OCH3 is 2. The summed E-state index contributed by atoms with van der Waals surface area (Å²) in [6.07, 6.45) is -0.903. The van der Waals surface area contributed by atoms with Crippen LogP contribution in [0.2, 0.25) is 0 Å². The van der Waals surface area contributed by atoms with Gasteiger partial charge in [0.1, 0.15) is 23.7 Å². The maximum atomic E-state index is 12.2. The molecular formula is C31H37NO7. The number of ether oxygens (including phenoxy) is 4. The molecule has 0 spiro atoms. The lowest BCUT2D eigenvalue weighted by atomic mass is 9.79. The van der Waals surface area contributed by atoms with E-state index in [9.17, 15) is 9.59 Å². The summed E-state index contributed by atoms with van der Waals surface area (Å²) in [6.45, 7) is 4.55. The minimum Gasteiger partial charge on any atom is -0.497 e. The highest BCUT2D eigenvalue weighted by Gasteiger charge is 2.41. The van der Waals surface area contributed by atoms with Crippen molar-refractivity contribution in [2.24, 2.45) is 0 Å². The number of hydrogen-bond donors (Lipinski definition) is 2. The smallest absolute Gasteiger partial charge is 0.306 e. The zero-order valence-corrected chi connectivity index (χ0v) is 22.9. The highest BCUT2D eigenvalue weighted by atomic mass is 16.5. The predicted octanol–water partition coefficient (Wildman–Crippen LogP) is 4.79.